The first-order valence-corrected chi connectivity index (χ1v) is 22.4. The van der Waals surface area contributed by atoms with Gasteiger partial charge in [-0.3, -0.25) is 9.59 Å². The fraction of sp³-hybridized carbons (Fsp3) is 0.300. The number of carbonyl (C=O) groups is 5. The fourth-order valence-corrected chi connectivity index (χ4v) is 10.7. The van der Waals surface area contributed by atoms with Crippen molar-refractivity contribution in [3.05, 3.63) is 168 Å². The monoisotopic (exact) mass is 878 g/mol. The van der Waals surface area contributed by atoms with E-state index in [0.29, 0.717) is 0 Å². The number of hydrogen-bond acceptors (Lipinski definition) is 11. The van der Waals surface area contributed by atoms with E-state index in [1.807, 2.05) is 115 Å². The van der Waals surface area contributed by atoms with Crippen LogP contribution >= 0.6 is 0 Å². The topological polar surface area (TPSA) is 172 Å². The fourth-order valence-electron chi connectivity index (χ4n) is 6.06. The second-order valence-corrected chi connectivity index (χ2v) is 19.7. The van der Waals surface area contributed by atoms with Gasteiger partial charge in [0.15, 0.2) is 6.10 Å². The van der Waals surface area contributed by atoms with Crippen LogP contribution in [-0.2, 0) is 67.2 Å². The molecule has 0 heterocycles. The number of ether oxygens (including phenoxy) is 4. The van der Waals surface area contributed by atoms with Crippen molar-refractivity contribution in [3.63, 3.8) is 0 Å². The predicted octanol–water partition coefficient (Wildman–Crippen LogP) is 7.33. The maximum Gasteiger partial charge on any atom is 0.347 e. The standard InChI is InChI=1S/C26H30O3Si.C14H16O6.C10H12O3/c1-21(25(27)28-20-22-14-8-5-9-15-22)29-30(26(2,3)4,23-16-10-6-11-17-23)24-18-12-7-13-19-24;1-10(20-13(17)8-7-12(15)16)14(18)19-9-11-5-3-2-4-6-11;1-8(11)10(12)13-7-9-5-3-2-4-6-9/h5-19,21H,20H2,1-4H3;2-6,10H,7-9H2,1H3,(H,15,16);2-6,8,11H,7H2,1H3/t21-;10-;8-/m000/s1. The summed E-state index contributed by atoms with van der Waals surface area (Å²) in [5.41, 5.74) is 2.70. The number of aliphatic hydroxyl groups is 1. The molecular weight excluding hydrogens is 821 g/mol. The molecule has 12 nitrogen and oxygen atoms in total. The zero-order valence-electron chi connectivity index (χ0n) is 36.7. The molecule has 13 heteroatoms. The Labute approximate surface area is 370 Å². The first-order chi connectivity index (χ1) is 30.0. The molecule has 63 heavy (non-hydrogen) atoms. The average molecular weight is 879 g/mol. The van der Waals surface area contributed by atoms with E-state index in [-0.39, 0.29) is 43.7 Å². The van der Waals surface area contributed by atoms with Crippen molar-refractivity contribution in [2.24, 2.45) is 0 Å². The van der Waals surface area contributed by atoms with Crippen molar-refractivity contribution in [3.8, 4) is 0 Å². The Kier molecular flexibility index (Phi) is 21.1. The van der Waals surface area contributed by atoms with E-state index in [9.17, 15) is 24.0 Å². The number of carboxylic acids is 1. The van der Waals surface area contributed by atoms with Crippen LogP contribution in [0, 0.1) is 0 Å². The van der Waals surface area contributed by atoms with Crippen LogP contribution < -0.4 is 10.4 Å². The van der Waals surface area contributed by atoms with E-state index in [0.717, 1.165) is 27.1 Å². The first kappa shape index (κ1) is 50.9. The van der Waals surface area contributed by atoms with Crippen molar-refractivity contribution in [1.29, 1.82) is 0 Å². The van der Waals surface area contributed by atoms with Crippen LogP contribution in [0.4, 0.5) is 0 Å². The van der Waals surface area contributed by atoms with E-state index in [1.165, 1.54) is 13.8 Å². The lowest BCUT2D eigenvalue weighted by atomic mass is 10.2. The zero-order valence-corrected chi connectivity index (χ0v) is 37.7. The van der Waals surface area contributed by atoms with Gasteiger partial charge in [-0.15, -0.1) is 0 Å². The normalized spacial score (nSPS) is 12.3. The van der Waals surface area contributed by atoms with Crippen molar-refractivity contribution in [2.45, 2.75) is 97.6 Å². The minimum Gasteiger partial charge on any atom is -0.481 e. The van der Waals surface area contributed by atoms with E-state index in [1.54, 1.807) is 19.1 Å². The molecular formula is C50H58O12Si. The highest BCUT2D eigenvalue weighted by Gasteiger charge is 2.51. The Morgan fingerprint density at radius 2 is 0.841 bits per heavy atom. The highest BCUT2D eigenvalue weighted by atomic mass is 28.4. The molecule has 0 amide bonds. The first-order valence-electron chi connectivity index (χ1n) is 20.5. The summed E-state index contributed by atoms with van der Waals surface area (Å²) in [6, 6.07) is 48.8. The third-order valence-electron chi connectivity index (χ3n) is 9.30. The number of esters is 4. The summed E-state index contributed by atoms with van der Waals surface area (Å²) >= 11 is 0. The van der Waals surface area contributed by atoms with Crippen molar-refractivity contribution < 1.29 is 57.6 Å². The van der Waals surface area contributed by atoms with Crippen LogP contribution in [0.15, 0.2) is 152 Å². The van der Waals surface area contributed by atoms with Gasteiger partial charge < -0.3 is 33.6 Å². The largest absolute Gasteiger partial charge is 0.481 e. The van der Waals surface area contributed by atoms with Crippen molar-refractivity contribution >= 4 is 48.5 Å². The average Bonchev–Trinajstić information content (AvgIpc) is 3.29. The van der Waals surface area contributed by atoms with Gasteiger partial charge in [0.2, 0.25) is 0 Å². The molecule has 0 fully saturated rings. The maximum atomic E-state index is 12.9. The lowest BCUT2D eigenvalue weighted by molar-refractivity contribution is -0.167. The minimum atomic E-state index is -2.78. The van der Waals surface area contributed by atoms with Crippen LogP contribution in [0.2, 0.25) is 5.04 Å². The lowest BCUT2D eigenvalue weighted by Gasteiger charge is -2.44. The van der Waals surface area contributed by atoms with Gasteiger partial charge in [-0.2, -0.15) is 0 Å². The summed E-state index contributed by atoms with van der Waals surface area (Å²) in [7, 11) is -2.78. The van der Waals surface area contributed by atoms with Gasteiger partial charge in [0.1, 0.15) is 32.0 Å². The summed E-state index contributed by atoms with van der Waals surface area (Å²) < 4.78 is 26.9. The number of benzene rings is 5. The molecule has 5 aromatic rings. The Morgan fingerprint density at radius 3 is 1.17 bits per heavy atom. The van der Waals surface area contributed by atoms with E-state index in [4.69, 9.17) is 33.6 Å². The molecule has 0 aliphatic carbocycles. The predicted molar refractivity (Wildman–Crippen MR) is 241 cm³/mol. The van der Waals surface area contributed by atoms with E-state index < -0.39 is 50.5 Å². The van der Waals surface area contributed by atoms with Crippen LogP contribution in [0.3, 0.4) is 0 Å². The van der Waals surface area contributed by atoms with Gasteiger partial charge in [-0.1, -0.05) is 172 Å². The van der Waals surface area contributed by atoms with Gasteiger partial charge in [-0.05, 0) is 52.9 Å². The molecule has 5 rings (SSSR count). The highest BCUT2D eigenvalue weighted by molar-refractivity contribution is 6.99. The molecule has 0 aliphatic rings. The number of aliphatic hydroxyl groups excluding tert-OH is 1. The summed E-state index contributed by atoms with van der Waals surface area (Å²) in [5, 5.41) is 19.3. The second-order valence-electron chi connectivity index (χ2n) is 15.4. The van der Waals surface area contributed by atoms with Gasteiger partial charge >= 0.3 is 29.8 Å². The summed E-state index contributed by atoms with van der Waals surface area (Å²) in [4.78, 5) is 56.8. The number of carboxylic acid groups (broad SMARTS) is 1. The highest BCUT2D eigenvalue weighted by Crippen LogP contribution is 2.37. The van der Waals surface area contributed by atoms with Gasteiger partial charge in [0.05, 0.1) is 12.8 Å². The summed E-state index contributed by atoms with van der Waals surface area (Å²) in [6.45, 7) is 11.7. The minimum absolute atomic E-state index is 0.0939. The third kappa shape index (κ3) is 17.5. The Balaban J connectivity index is 0.000000275. The van der Waals surface area contributed by atoms with Gasteiger partial charge in [0, 0.05) is 0 Å². The molecule has 334 valence electrons. The third-order valence-corrected chi connectivity index (χ3v) is 14.4. The second kappa shape index (κ2) is 26.1. The Bertz CT molecular complexity index is 2090. The molecule has 0 bridgehead atoms. The summed E-state index contributed by atoms with van der Waals surface area (Å²) in [5.74, 6) is -3.44. The lowest BCUT2D eigenvalue weighted by Crippen LogP contribution is -2.68. The van der Waals surface area contributed by atoms with Crippen LogP contribution in [-0.4, -0.2) is 66.7 Å². The van der Waals surface area contributed by atoms with E-state index in [2.05, 4.69) is 45.0 Å². The molecule has 0 unspecified atom stereocenters. The smallest absolute Gasteiger partial charge is 0.347 e. The van der Waals surface area contributed by atoms with Crippen LogP contribution in [0.1, 0.15) is 71.1 Å². The maximum absolute atomic E-state index is 12.9. The number of hydrogen-bond donors (Lipinski definition) is 2. The number of aliphatic carboxylic acids is 1. The Hall–Kier alpha value is -6.41. The van der Waals surface area contributed by atoms with Crippen LogP contribution in [0.5, 0.6) is 0 Å². The van der Waals surface area contributed by atoms with Gasteiger partial charge in [0.25, 0.3) is 8.32 Å². The molecule has 0 radical (unpaired) electrons. The van der Waals surface area contributed by atoms with Crippen molar-refractivity contribution in [2.75, 3.05) is 0 Å². The molecule has 0 saturated carbocycles. The molecule has 0 aliphatic heterocycles. The Morgan fingerprint density at radius 1 is 0.508 bits per heavy atom. The van der Waals surface area contributed by atoms with E-state index >= 15 is 0 Å². The SMILES string of the molecule is C[C@H](O)C(=O)OCc1ccccc1.C[C@H](OC(=O)CCC(=O)O)C(=O)OCc1ccccc1.C[C@H](O[Si](c1ccccc1)(c1ccccc1)C(C)(C)C)C(=O)OCc1ccccc1. The molecule has 0 aromatic heterocycles. The summed E-state index contributed by atoms with van der Waals surface area (Å²) in [6.07, 6.45) is -3.39. The zero-order chi connectivity index (χ0) is 46.3. The molecule has 0 spiro atoms. The molecule has 2 N–H and O–H groups in total. The molecule has 0 saturated heterocycles. The molecule has 3 atom stereocenters. The van der Waals surface area contributed by atoms with Gasteiger partial charge in [-0.25, -0.2) is 14.4 Å². The number of carbonyl (C=O) groups excluding carboxylic acids is 4. The molecule has 5 aromatic carbocycles. The van der Waals surface area contributed by atoms with Crippen LogP contribution in [0.25, 0.3) is 0 Å². The van der Waals surface area contributed by atoms with Crippen molar-refractivity contribution in [1.82, 2.24) is 0 Å². The quantitative estimate of drug-likeness (QED) is 0.0542. The number of rotatable bonds is 17.